The average Bonchev–Trinajstić information content (AvgIpc) is 2.96. The van der Waals surface area contributed by atoms with Gasteiger partial charge in [-0.05, 0) is 42.0 Å². The molecule has 1 saturated heterocycles. The average molecular weight is 260 g/mol. The molecule has 2 aromatic rings. The molecule has 0 radical (unpaired) electrons. The van der Waals surface area contributed by atoms with Gasteiger partial charge in [-0.25, -0.2) is 4.68 Å². The largest absolute Gasteiger partial charge is 0.399 e. The minimum absolute atomic E-state index is 0.224. The van der Waals surface area contributed by atoms with Gasteiger partial charge in [0, 0.05) is 23.5 Å². The molecule has 100 valence electrons. The monoisotopic (exact) mass is 260 g/mol. The Labute approximate surface area is 110 Å². The number of nitrogens with zero attached hydrogens (tertiary/aromatic N) is 4. The smallest absolute Gasteiger partial charge is 0.182 e. The zero-order chi connectivity index (χ0) is 13.5. The van der Waals surface area contributed by atoms with Crippen LogP contribution < -0.4 is 11.5 Å². The van der Waals surface area contributed by atoms with E-state index in [1.165, 1.54) is 0 Å². The van der Waals surface area contributed by atoms with Crippen molar-refractivity contribution in [3.8, 4) is 11.4 Å². The summed E-state index contributed by atoms with van der Waals surface area (Å²) in [6.07, 6.45) is 0.878. The molecular formula is C12H16N6O. The number of hydrogen-bond donors (Lipinski definition) is 2. The summed E-state index contributed by atoms with van der Waals surface area (Å²) in [5, 5.41) is 12.0. The van der Waals surface area contributed by atoms with Crippen LogP contribution in [0, 0.1) is 0 Å². The highest BCUT2D eigenvalue weighted by atomic mass is 16.5. The Morgan fingerprint density at radius 1 is 1.26 bits per heavy atom. The van der Waals surface area contributed by atoms with Gasteiger partial charge in [-0.15, -0.1) is 5.10 Å². The molecule has 1 aliphatic heterocycles. The molecule has 0 aliphatic carbocycles. The van der Waals surface area contributed by atoms with Crippen molar-refractivity contribution in [3.05, 3.63) is 18.2 Å². The SMILES string of the molecule is CC1(n2nnnc2-c2cc(N)cc(N)c2)CCOC1. The summed E-state index contributed by atoms with van der Waals surface area (Å²) in [5.74, 6) is 0.659. The van der Waals surface area contributed by atoms with E-state index in [9.17, 15) is 0 Å². The number of aromatic nitrogens is 4. The minimum Gasteiger partial charge on any atom is -0.399 e. The van der Waals surface area contributed by atoms with Crippen LogP contribution in [-0.2, 0) is 10.3 Å². The summed E-state index contributed by atoms with van der Waals surface area (Å²) >= 11 is 0. The van der Waals surface area contributed by atoms with Crippen molar-refractivity contribution in [2.24, 2.45) is 0 Å². The van der Waals surface area contributed by atoms with Crippen molar-refractivity contribution in [1.82, 2.24) is 20.2 Å². The molecule has 1 aromatic heterocycles. The van der Waals surface area contributed by atoms with E-state index in [-0.39, 0.29) is 5.54 Å². The van der Waals surface area contributed by atoms with Crippen molar-refractivity contribution in [1.29, 1.82) is 0 Å². The molecule has 1 fully saturated rings. The van der Waals surface area contributed by atoms with Gasteiger partial charge in [0.05, 0.1) is 12.1 Å². The van der Waals surface area contributed by atoms with Gasteiger partial charge in [-0.3, -0.25) is 0 Å². The first-order valence-electron chi connectivity index (χ1n) is 6.11. The van der Waals surface area contributed by atoms with E-state index >= 15 is 0 Å². The number of hydrogen-bond acceptors (Lipinski definition) is 6. The minimum atomic E-state index is -0.224. The Morgan fingerprint density at radius 2 is 2.00 bits per heavy atom. The second-order valence-corrected chi connectivity index (χ2v) is 5.10. The number of ether oxygens (including phenoxy) is 1. The summed E-state index contributed by atoms with van der Waals surface area (Å²) in [5.41, 5.74) is 13.4. The second kappa shape index (κ2) is 4.20. The van der Waals surface area contributed by atoms with E-state index in [1.807, 2.05) is 12.1 Å². The van der Waals surface area contributed by atoms with Crippen LogP contribution in [0.5, 0.6) is 0 Å². The Bertz CT molecular complexity index is 582. The molecule has 1 atom stereocenters. The fourth-order valence-electron chi connectivity index (χ4n) is 2.36. The molecule has 19 heavy (non-hydrogen) atoms. The molecule has 7 nitrogen and oxygen atoms in total. The van der Waals surface area contributed by atoms with E-state index in [4.69, 9.17) is 16.2 Å². The van der Waals surface area contributed by atoms with Crippen LogP contribution in [0.15, 0.2) is 18.2 Å². The van der Waals surface area contributed by atoms with Gasteiger partial charge in [0.2, 0.25) is 0 Å². The molecule has 0 spiro atoms. The Balaban J connectivity index is 2.09. The maximum absolute atomic E-state index is 5.82. The topological polar surface area (TPSA) is 105 Å². The van der Waals surface area contributed by atoms with Gasteiger partial charge < -0.3 is 16.2 Å². The van der Waals surface area contributed by atoms with Crippen molar-refractivity contribution in [2.45, 2.75) is 18.9 Å². The van der Waals surface area contributed by atoms with Gasteiger partial charge >= 0.3 is 0 Å². The fraction of sp³-hybridized carbons (Fsp3) is 0.417. The molecule has 1 aliphatic rings. The standard InChI is InChI=1S/C12H16N6O/c1-12(2-3-19-7-12)18-11(15-16-17-18)8-4-9(13)6-10(14)5-8/h4-6H,2-3,7,13-14H2,1H3. The van der Waals surface area contributed by atoms with Crippen molar-refractivity contribution in [3.63, 3.8) is 0 Å². The van der Waals surface area contributed by atoms with Gasteiger partial charge in [0.15, 0.2) is 5.82 Å². The van der Waals surface area contributed by atoms with E-state index < -0.39 is 0 Å². The summed E-state index contributed by atoms with van der Waals surface area (Å²) in [6, 6.07) is 5.34. The van der Waals surface area contributed by atoms with Crippen LogP contribution in [0.1, 0.15) is 13.3 Å². The molecule has 0 saturated carbocycles. The van der Waals surface area contributed by atoms with Crippen LogP contribution in [0.3, 0.4) is 0 Å². The molecule has 1 aromatic carbocycles. The molecule has 1 unspecified atom stereocenters. The number of nitrogens with two attached hydrogens (primary N) is 2. The predicted molar refractivity (Wildman–Crippen MR) is 71.2 cm³/mol. The van der Waals surface area contributed by atoms with Crippen LogP contribution in [-0.4, -0.2) is 33.4 Å². The van der Waals surface area contributed by atoms with Gasteiger partial charge in [0.1, 0.15) is 0 Å². The van der Waals surface area contributed by atoms with Crippen molar-refractivity contribution < 1.29 is 4.74 Å². The summed E-state index contributed by atoms with van der Waals surface area (Å²) in [7, 11) is 0. The lowest BCUT2D eigenvalue weighted by Crippen LogP contribution is -2.32. The van der Waals surface area contributed by atoms with E-state index in [2.05, 4.69) is 22.4 Å². The third-order valence-electron chi connectivity index (χ3n) is 3.41. The van der Waals surface area contributed by atoms with Gasteiger partial charge in [0.25, 0.3) is 0 Å². The Hall–Kier alpha value is -2.15. The first kappa shape index (κ1) is 11.9. The number of tetrazole rings is 1. The Kier molecular flexibility index (Phi) is 2.63. The zero-order valence-electron chi connectivity index (χ0n) is 10.7. The number of benzene rings is 1. The third-order valence-corrected chi connectivity index (χ3v) is 3.41. The lowest BCUT2D eigenvalue weighted by Gasteiger charge is -2.23. The summed E-state index contributed by atoms with van der Waals surface area (Å²) < 4.78 is 7.26. The molecule has 3 rings (SSSR count). The zero-order valence-corrected chi connectivity index (χ0v) is 10.7. The van der Waals surface area contributed by atoms with E-state index in [0.29, 0.717) is 23.8 Å². The van der Waals surface area contributed by atoms with Crippen molar-refractivity contribution in [2.75, 3.05) is 24.7 Å². The van der Waals surface area contributed by atoms with Crippen LogP contribution in [0.4, 0.5) is 11.4 Å². The summed E-state index contributed by atoms with van der Waals surface area (Å²) in [4.78, 5) is 0. The summed E-state index contributed by atoms with van der Waals surface area (Å²) in [6.45, 7) is 3.40. The highest BCUT2D eigenvalue weighted by Gasteiger charge is 2.35. The lowest BCUT2D eigenvalue weighted by atomic mass is 10.0. The molecule has 7 heteroatoms. The van der Waals surface area contributed by atoms with Gasteiger partial charge in [-0.1, -0.05) is 0 Å². The van der Waals surface area contributed by atoms with Crippen molar-refractivity contribution >= 4 is 11.4 Å². The fourth-order valence-corrected chi connectivity index (χ4v) is 2.36. The molecule has 0 amide bonds. The quantitative estimate of drug-likeness (QED) is 0.768. The molecule has 4 N–H and O–H groups in total. The number of anilines is 2. The number of rotatable bonds is 2. The first-order chi connectivity index (χ1) is 9.08. The molecule has 2 heterocycles. The van der Waals surface area contributed by atoms with E-state index in [0.717, 1.165) is 18.6 Å². The third kappa shape index (κ3) is 2.01. The number of nitrogen functional groups attached to an aromatic ring is 2. The Morgan fingerprint density at radius 3 is 2.63 bits per heavy atom. The molecular weight excluding hydrogens is 244 g/mol. The highest BCUT2D eigenvalue weighted by Crippen LogP contribution is 2.31. The van der Waals surface area contributed by atoms with Crippen LogP contribution in [0.25, 0.3) is 11.4 Å². The maximum Gasteiger partial charge on any atom is 0.182 e. The van der Waals surface area contributed by atoms with Crippen LogP contribution in [0.2, 0.25) is 0 Å². The molecule has 0 bridgehead atoms. The van der Waals surface area contributed by atoms with Gasteiger partial charge in [-0.2, -0.15) is 0 Å². The first-order valence-corrected chi connectivity index (χ1v) is 6.11. The predicted octanol–water partition coefficient (Wildman–Crippen LogP) is 0.640. The normalized spacial score (nSPS) is 22.8. The maximum atomic E-state index is 5.82. The lowest BCUT2D eigenvalue weighted by molar-refractivity contribution is 0.155. The highest BCUT2D eigenvalue weighted by molar-refractivity contribution is 5.68. The van der Waals surface area contributed by atoms with Crippen LogP contribution >= 0.6 is 0 Å². The van der Waals surface area contributed by atoms with E-state index in [1.54, 1.807) is 10.7 Å². The second-order valence-electron chi connectivity index (χ2n) is 5.10.